The van der Waals surface area contributed by atoms with E-state index in [-0.39, 0.29) is 0 Å². The first-order valence-electron chi connectivity index (χ1n) is 6.17. The van der Waals surface area contributed by atoms with Crippen molar-refractivity contribution >= 4 is 37.7 Å². The summed E-state index contributed by atoms with van der Waals surface area (Å²) < 4.78 is 12.1. The van der Waals surface area contributed by atoms with Gasteiger partial charge in [0.05, 0.1) is 28.4 Å². The Balaban J connectivity index is 2.52. The van der Waals surface area contributed by atoms with E-state index in [4.69, 9.17) is 9.47 Å². The highest BCUT2D eigenvalue weighted by atomic mass is 79.9. The third kappa shape index (κ3) is 3.53. The molecule has 1 aromatic carbocycles. The number of halogens is 2. The van der Waals surface area contributed by atoms with Gasteiger partial charge < -0.3 is 14.8 Å². The summed E-state index contributed by atoms with van der Waals surface area (Å²) in [5.41, 5.74) is 1.68. The van der Waals surface area contributed by atoms with Crippen LogP contribution in [-0.4, -0.2) is 31.2 Å². The minimum Gasteiger partial charge on any atom is -0.496 e. The SMILES string of the molecule is CNc1nc(-c2ccc(OC)c(Br)c2)nc(COC)c1Br. The lowest BCUT2D eigenvalue weighted by atomic mass is 10.2. The standard InChI is InChI=1S/C14H15Br2N3O2/c1-17-14-12(16)10(7-20-2)18-13(19-14)8-4-5-11(21-3)9(15)6-8/h4-6H,7H2,1-3H3,(H,17,18,19). The summed E-state index contributed by atoms with van der Waals surface area (Å²) in [6, 6.07) is 5.72. The quantitative estimate of drug-likeness (QED) is 0.801. The molecule has 0 saturated carbocycles. The molecule has 0 saturated heterocycles. The monoisotopic (exact) mass is 415 g/mol. The van der Waals surface area contributed by atoms with Crippen LogP contribution in [0.2, 0.25) is 0 Å². The second-order valence-corrected chi connectivity index (χ2v) is 5.84. The van der Waals surface area contributed by atoms with Gasteiger partial charge in [-0.2, -0.15) is 0 Å². The van der Waals surface area contributed by atoms with E-state index < -0.39 is 0 Å². The summed E-state index contributed by atoms with van der Waals surface area (Å²) in [5.74, 6) is 2.11. The highest BCUT2D eigenvalue weighted by Crippen LogP contribution is 2.31. The zero-order chi connectivity index (χ0) is 15.4. The Bertz CT molecular complexity index is 650. The Morgan fingerprint density at radius 3 is 2.52 bits per heavy atom. The molecule has 112 valence electrons. The van der Waals surface area contributed by atoms with Crippen molar-refractivity contribution < 1.29 is 9.47 Å². The maximum Gasteiger partial charge on any atom is 0.161 e. The number of anilines is 1. The fourth-order valence-corrected chi connectivity index (χ4v) is 2.86. The van der Waals surface area contributed by atoms with Crippen LogP contribution in [0, 0.1) is 0 Å². The molecule has 0 atom stereocenters. The fraction of sp³-hybridized carbons (Fsp3) is 0.286. The van der Waals surface area contributed by atoms with Crippen molar-refractivity contribution in [2.45, 2.75) is 6.61 Å². The van der Waals surface area contributed by atoms with E-state index >= 15 is 0 Å². The summed E-state index contributed by atoms with van der Waals surface area (Å²) in [6.07, 6.45) is 0. The van der Waals surface area contributed by atoms with Gasteiger partial charge in [0.1, 0.15) is 11.6 Å². The average molecular weight is 417 g/mol. The number of methoxy groups -OCH3 is 2. The Labute approximate surface area is 140 Å². The predicted octanol–water partition coefficient (Wildman–Crippen LogP) is 3.87. The normalized spacial score (nSPS) is 10.5. The van der Waals surface area contributed by atoms with Gasteiger partial charge in [0.25, 0.3) is 0 Å². The number of ether oxygens (including phenoxy) is 2. The van der Waals surface area contributed by atoms with Gasteiger partial charge in [-0.15, -0.1) is 0 Å². The topological polar surface area (TPSA) is 56.3 Å². The molecule has 7 heteroatoms. The van der Waals surface area contributed by atoms with E-state index in [1.165, 1.54) is 0 Å². The summed E-state index contributed by atoms with van der Waals surface area (Å²) in [6.45, 7) is 0.405. The zero-order valence-electron chi connectivity index (χ0n) is 11.9. The molecule has 0 amide bonds. The lowest BCUT2D eigenvalue weighted by molar-refractivity contribution is 0.181. The molecule has 0 radical (unpaired) electrons. The third-order valence-electron chi connectivity index (χ3n) is 2.85. The van der Waals surface area contributed by atoms with E-state index in [9.17, 15) is 0 Å². The first-order chi connectivity index (χ1) is 10.1. The van der Waals surface area contributed by atoms with Crippen LogP contribution in [0.5, 0.6) is 5.75 Å². The molecule has 21 heavy (non-hydrogen) atoms. The predicted molar refractivity (Wildman–Crippen MR) is 89.7 cm³/mol. The molecule has 2 aromatic rings. The van der Waals surface area contributed by atoms with Crippen LogP contribution in [0.25, 0.3) is 11.4 Å². The van der Waals surface area contributed by atoms with Gasteiger partial charge >= 0.3 is 0 Å². The molecule has 0 aliphatic carbocycles. The van der Waals surface area contributed by atoms with Crippen LogP contribution in [0.4, 0.5) is 5.82 Å². The molecular weight excluding hydrogens is 402 g/mol. The van der Waals surface area contributed by atoms with Gasteiger partial charge in [-0.1, -0.05) is 0 Å². The number of hydrogen-bond acceptors (Lipinski definition) is 5. The lowest BCUT2D eigenvalue weighted by Crippen LogP contribution is -2.04. The summed E-state index contributed by atoms with van der Waals surface area (Å²) in [4.78, 5) is 9.07. The first-order valence-corrected chi connectivity index (χ1v) is 7.76. The average Bonchev–Trinajstić information content (AvgIpc) is 2.49. The molecule has 1 aromatic heterocycles. The van der Waals surface area contributed by atoms with Crippen molar-refractivity contribution in [2.24, 2.45) is 0 Å². The van der Waals surface area contributed by atoms with E-state index in [0.717, 1.165) is 31.8 Å². The second kappa shape index (κ2) is 7.20. The van der Waals surface area contributed by atoms with Crippen LogP contribution < -0.4 is 10.1 Å². The molecule has 1 heterocycles. The van der Waals surface area contributed by atoms with Crippen molar-refractivity contribution in [1.29, 1.82) is 0 Å². The second-order valence-electron chi connectivity index (χ2n) is 4.19. The Hall–Kier alpha value is -1.18. The van der Waals surface area contributed by atoms with E-state index in [0.29, 0.717) is 12.4 Å². The minimum atomic E-state index is 0.405. The van der Waals surface area contributed by atoms with Crippen molar-refractivity contribution in [3.8, 4) is 17.1 Å². The van der Waals surface area contributed by atoms with Gasteiger partial charge in [0.2, 0.25) is 0 Å². The maximum atomic E-state index is 5.23. The summed E-state index contributed by atoms with van der Waals surface area (Å²) in [5, 5.41) is 3.05. The van der Waals surface area contributed by atoms with E-state index in [2.05, 4.69) is 47.1 Å². The number of aromatic nitrogens is 2. The van der Waals surface area contributed by atoms with Gasteiger partial charge in [-0.25, -0.2) is 9.97 Å². The summed E-state index contributed by atoms with van der Waals surface area (Å²) in [7, 11) is 5.08. The van der Waals surface area contributed by atoms with Gasteiger partial charge in [0, 0.05) is 19.7 Å². The number of nitrogens with zero attached hydrogens (tertiary/aromatic N) is 2. The molecular formula is C14H15Br2N3O2. The van der Waals surface area contributed by atoms with Crippen LogP contribution in [0.3, 0.4) is 0 Å². The van der Waals surface area contributed by atoms with Crippen LogP contribution in [0.1, 0.15) is 5.69 Å². The van der Waals surface area contributed by atoms with Crippen molar-refractivity contribution in [3.05, 3.63) is 32.8 Å². The number of hydrogen-bond donors (Lipinski definition) is 1. The molecule has 2 rings (SSSR count). The van der Waals surface area contributed by atoms with Crippen molar-refractivity contribution in [2.75, 3.05) is 26.6 Å². The molecule has 0 aliphatic rings. The highest BCUT2D eigenvalue weighted by Gasteiger charge is 2.13. The molecule has 0 aliphatic heterocycles. The molecule has 0 unspecified atom stereocenters. The largest absolute Gasteiger partial charge is 0.496 e. The smallest absolute Gasteiger partial charge is 0.161 e. The first kappa shape index (κ1) is 16.2. The lowest BCUT2D eigenvalue weighted by Gasteiger charge is -2.11. The van der Waals surface area contributed by atoms with Gasteiger partial charge in [-0.05, 0) is 50.1 Å². The van der Waals surface area contributed by atoms with Gasteiger partial charge in [0.15, 0.2) is 5.82 Å². The fourth-order valence-electron chi connectivity index (χ4n) is 1.83. The number of rotatable bonds is 5. The highest BCUT2D eigenvalue weighted by molar-refractivity contribution is 9.11. The van der Waals surface area contributed by atoms with Crippen LogP contribution in [-0.2, 0) is 11.3 Å². The zero-order valence-corrected chi connectivity index (χ0v) is 15.1. The van der Waals surface area contributed by atoms with Crippen molar-refractivity contribution in [1.82, 2.24) is 9.97 Å². The van der Waals surface area contributed by atoms with Crippen LogP contribution >= 0.6 is 31.9 Å². The van der Waals surface area contributed by atoms with Crippen LogP contribution in [0.15, 0.2) is 27.1 Å². The Morgan fingerprint density at radius 2 is 1.95 bits per heavy atom. The maximum absolute atomic E-state index is 5.23. The molecule has 1 N–H and O–H groups in total. The Morgan fingerprint density at radius 1 is 1.19 bits per heavy atom. The number of benzene rings is 1. The molecule has 0 fully saturated rings. The van der Waals surface area contributed by atoms with E-state index in [1.807, 2.05) is 25.2 Å². The molecule has 0 spiro atoms. The van der Waals surface area contributed by atoms with Gasteiger partial charge in [-0.3, -0.25) is 0 Å². The van der Waals surface area contributed by atoms with E-state index in [1.54, 1.807) is 14.2 Å². The summed E-state index contributed by atoms with van der Waals surface area (Å²) >= 11 is 6.96. The van der Waals surface area contributed by atoms with Crippen molar-refractivity contribution in [3.63, 3.8) is 0 Å². The minimum absolute atomic E-state index is 0.405. The number of nitrogens with one attached hydrogen (secondary N) is 1. The molecule has 0 bridgehead atoms. The Kier molecular flexibility index (Phi) is 5.55. The third-order valence-corrected chi connectivity index (χ3v) is 4.30. The molecule has 5 nitrogen and oxygen atoms in total.